The van der Waals surface area contributed by atoms with Crippen LogP contribution in [0, 0.1) is 0 Å². The largest absolute Gasteiger partial charge is 0.494 e. The van der Waals surface area contributed by atoms with Gasteiger partial charge in [0.2, 0.25) is 15.0 Å². The van der Waals surface area contributed by atoms with E-state index in [-0.39, 0.29) is 23.1 Å². The number of amides is 1. The van der Waals surface area contributed by atoms with E-state index in [1.165, 1.54) is 4.57 Å². The average Bonchev–Trinajstić information content (AvgIpc) is 3.22. The van der Waals surface area contributed by atoms with Crippen LogP contribution in [0.1, 0.15) is 17.4 Å². The van der Waals surface area contributed by atoms with Gasteiger partial charge in [0.15, 0.2) is 0 Å². The van der Waals surface area contributed by atoms with Crippen LogP contribution < -0.4 is 10.1 Å². The minimum atomic E-state index is -3.51. The van der Waals surface area contributed by atoms with Gasteiger partial charge >= 0.3 is 0 Å². The van der Waals surface area contributed by atoms with Crippen molar-refractivity contribution in [3.63, 3.8) is 0 Å². The molecule has 7 nitrogen and oxygen atoms in total. The van der Waals surface area contributed by atoms with Crippen LogP contribution >= 0.6 is 11.6 Å². The number of aromatic nitrogens is 2. The molecule has 150 valence electrons. The summed E-state index contributed by atoms with van der Waals surface area (Å²) in [5, 5.41) is 3.27. The predicted octanol–water partition coefficient (Wildman–Crippen LogP) is 3.64. The lowest BCUT2D eigenvalue weighted by molar-refractivity contribution is 0.101. The molecule has 29 heavy (non-hydrogen) atoms. The highest BCUT2D eigenvalue weighted by molar-refractivity contribution is 7.91. The van der Waals surface area contributed by atoms with Crippen LogP contribution in [-0.4, -0.2) is 36.2 Å². The van der Waals surface area contributed by atoms with E-state index in [2.05, 4.69) is 10.3 Å². The molecule has 4 rings (SSSR count). The third kappa shape index (κ3) is 3.73. The number of hydrogen-bond donors (Lipinski definition) is 1. The Bertz CT molecular complexity index is 1170. The van der Waals surface area contributed by atoms with E-state index in [9.17, 15) is 13.2 Å². The number of carbonyl (C=O) groups excluding carboxylic acids is 1. The van der Waals surface area contributed by atoms with Crippen molar-refractivity contribution in [1.29, 1.82) is 0 Å². The Morgan fingerprint density at radius 1 is 1.17 bits per heavy atom. The predicted molar refractivity (Wildman–Crippen MR) is 110 cm³/mol. The SMILES string of the molecule is CCOc1ccc(NC(=O)c2c(-c3ccc(Cl)cc3)nc3n2CCS3(=O)=O)cc1. The maximum absolute atomic E-state index is 13.1. The molecule has 1 aromatic heterocycles. The number of fused-ring (bicyclic) bond motifs is 1. The smallest absolute Gasteiger partial charge is 0.274 e. The van der Waals surface area contributed by atoms with E-state index in [1.807, 2.05) is 6.92 Å². The van der Waals surface area contributed by atoms with Crippen LogP contribution in [0.25, 0.3) is 11.3 Å². The van der Waals surface area contributed by atoms with Gasteiger partial charge in [0.1, 0.15) is 17.1 Å². The monoisotopic (exact) mass is 431 g/mol. The molecule has 1 amide bonds. The number of ether oxygens (including phenoxy) is 1. The number of carbonyl (C=O) groups is 1. The van der Waals surface area contributed by atoms with Gasteiger partial charge in [-0.2, -0.15) is 0 Å². The van der Waals surface area contributed by atoms with Crippen LogP contribution in [0.3, 0.4) is 0 Å². The molecule has 0 fully saturated rings. The highest BCUT2D eigenvalue weighted by Crippen LogP contribution is 2.31. The molecule has 0 atom stereocenters. The Kier molecular flexibility index (Phi) is 5.06. The van der Waals surface area contributed by atoms with Gasteiger partial charge in [-0.1, -0.05) is 23.7 Å². The topological polar surface area (TPSA) is 90.3 Å². The average molecular weight is 432 g/mol. The summed E-state index contributed by atoms with van der Waals surface area (Å²) >= 11 is 5.95. The van der Waals surface area contributed by atoms with Crippen LogP contribution in [0.2, 0.25) is 5.02 Å². The molecule has 0 bridgehead atoms. The number of benzene rings is 2. The van der Waals surface area contributed by atoms with E-state index in [0.29, 0.717) is 34.3 Å². The first-order valence-corrected chi connectivity index (χ1v) is 11.1. The highest BCUT2D eigenvalue weighted by Gasteiger charge is 2.35. The first kappa shape index (κ1) is 19.5. The molecular formula is C20H18ClN3O4S. The maximum atomic E-state index is 13.1. The van der Waals surface area contributed by atoms with Gasteiger partial charge in [-0.05, 0) is 43.3 Å². The summed E-state index contributed by atoms with van der Waals surface area (Å²) in [4.78, 5) is 17.4. The fourth-order valence-corrected chi connectivity index (χ4v) is 4.69. The first-order chi connectivity index (χ1) is 13.9. The van der Waals surface area contributed by atoms with Crippen molar-refractivity contribution >= 4 is 33.0 Å². The minimum Gasteiger partial charge on any atom is -0.494 e. The molecular weight excluding hydrogens is 414 g/mol. The lowest BCUT2D eigenvalue weighted by Crippen LogP contribution is -2.17. The molecule has 3 aromatic rings. The Labute approximate surface area is 173 Å². The van der Waals surface area contributed by atoms with E-state index < -0.39 is 15.7 Å². The lowest BCUT2D eigenvalue weighted by atomic mass is 10.1. The van der Waals surface area contributed by atoms with Crippen LogP contribution in [-0.2, 0) is 16.4 Å². The van der Waals surface area contributed by atoms with E-state index in [0.717, 1.165) is 0 Å². The Hall–Kier alpha value is -2.84. The number of halogens is 1. The molecule has 1 aliphatic heterocycles. The second kappa shape index (κ2) is 7.53. The summed E-state index contributed by atoms with van der Waals surface area (Å²) < 4.78 is 31.5. The normalized spacial score (nSPS) is 14.4. The van der Waals surface area contributed by atoms with Crippen LogP contribution in [0.4, 0.5) is 5.69 Å². The van der Waals surface area contributed by atoms with Crippen molar-refractivity contribution in [1.82, 2.24) is 9.55 Å². The summed E-state index contributed by atoms with van der Waals surface area (Å²) in [6.07, 6.45) is 0. The molecule has 0 unspecified atom stereocenters. The fourth-order valence-electron chi connectivity index (χ4n) is 3.21. The van der Waals surface area contributed by atoms with Gasteiger partial charge in [0.05, 0.1) is 12.4 Å². The molecule has 0 aliphatic carbocycles. The number of nitrogens with zero attached hydrogens (tertiary/aromatic N) is 2. The molecule has 1 aliphatic rings. The second-order valence-corrected chi connectivity index (χ2v) is 8.92. The lowest BCUT2D eigenvalue weighted by Gasteiger charge is -2.10. The van der Waals surface area contributed by atoms with Crippen molar-refractivity contribution in [2.24, 2.45) is 0 Å². The van der Waals surface area contributed by atoms with Crippen LogP contribution in [0.5, 0.6) is 5.75 Å². The molecule has 2 aromatic carbocycles. The fraction of sp³-hybridized carbons (Fsp3) is 0.200. The zero-order valence-corrected chi connectivity index (χ0v) is 17.1. The quantitative estimate of drug-likeness (QED) is 0.666. The second-order valence-electron chi connectivity index (χ2n) is 6.48. The Balaban J connectivity index is 1.73. The number of rotatable bonds is 5. The van der Waals surface area contributed by atoms with E-state index in [4.69, 9.17) is 16.3 Å². The summed E-state index contributed by atoms with van der Waals surface area (Å²) in [6.45, 7) is 2.62. The Morgan fingerprint density at radius 3 is 2.52 bits per heavy atom. The third-order valence-corrected chi connectivity index (χ3v) is 6.39. The first-order valence-electron chi connectivity index (χ1n) is 9.02. The van der Waals surface area contributed by atoms with Crippen molar-refractivity contribution < 1.29 is 17.9 Å². The molecule has 1 N–H and O–H groups in total. The molecule has 0 spiro atoms. The summed E-state index contributed by atoms with van der Waals surface area (Å²) in [6, 6.07) is 13.7. The van der Waals surface area contributed by atoms with E-state index >= 15 is 0 Å². The molecule has 0 saturated heterocycles. The zero-order valence-electron chi connectivity index (χ0n) is 15.6. The van der Waals surface area contributed by atoms with Gasteiger partial charge in [-0.3, -0.25) is 4.79 Å². The Morgan fingerprint density at radius 2 is 1.86 bits per heavy atom. The van der Waals surface area contributed by atoms with Gasteiger partial charge in [0, 0.05) is 22.8 Å². The highest BCUT2D eigenvalue weighted by atomic mass is 35.5. The van der Waals surface area contributed by atoms with Crippen molar-refractivity contribution in [2.75, 3.05) is 17.7 Å². The zero-order chi connectivity index (χ0) is 20.6. The van der Waals surface area contributed by atoms with Gasteiger partial charge in [0.25, 0.3) is 5.91 Å². The minimum absolute atomic E-state index is 0.0699. The van der Waals surface area contributed by atoms with Gasteiger partial charge in [-0.25, -0.2) is 13.4 Å². The maximum Gasteiger partial charge on any atom is 0.274 e. The summed E-state index contributed by atoms with van der Waals surface area (Å²) in [7, 11) is -3.51. The number of anilines is 1. The van der Waals surface area contributed by atoms with E-state index in [1.54, 1.807) is 48.5 Å². The standard InChI is InChI=1S/C20H18ClN3O4S/c1-2-28-16-9-7-15(8-10-16)22-19(25)18-17(13-3-5-14(21)6-4-13)23-20-24(18)11-12-29(20,26)27/h3-10H,2,11-12H2,1H3,(H,22,25). The summed E-state index contributed by atoms with van der Waals surface area (Å²) in [5.41, 5.74) is 1.70. The summed E-state index contributed by atoms with van der Waals surface area (Å²) in [5.74, 6) is 0.193. The number of nitrogens with one attached hydrogen (secondary N) is 1. The van der Waals surface area contributed by atoms with Crippen molar-refractivity contribution in [3.05, 3.63) is 59.2 Å². The molecule has 0 saturated carbocycles. The molecule has 0 radical (unpaired) electrons. The van der Waals surface area contributed by atoms with Gasteiger partial charge in [-0.15, -0.1) is 0 Å². The third-order valence-electron chi connectivity index (χ3n) is 4.55. The van der Waals surface area contributed by atoms with Gasteiger partial charge < -0.3 is 14.6 Å². The molecule has 2 heterocycles. The number of imidazole rings is 1. The molecule has 9 heteroatoms. The number of sulfone groups is 1. The van der Waals surface area contributed by atoms with Crippen molar-refractivity contribution in [3.8, 4) is 17.0 Å². The van der Waals surface area contributed by atoms with Crippen molar-refractivity contribution in [2.45, 2.75) is 18.6 Å². The van der Waals surface area contributed by atoms with Crippen LogP contribution in [0.15, 0.2) is 53.7 Å². The number of hydrogen-bond acceptors (Lipinski definition) is 5.